The summed E-state index contributed by atoms with van der Waals surface area (Å²) in [6, 6.07) is 7.94. The summed E-state index contributed by atoms with van der Waals surface area (Å²) in [4.78, 5) is 16.8. The van der Waals surface area contributed by atoms with Crippen molar-refractivity contribution < 1.29 is 9.18 Å². The normalized spacial score (nSPS) is 11.1. The van der Waals surface area contributed by atoms with Crippen LogP contribution in [-0.2, 0) is 11.2 Å². The van der Waals surface area contributed by atoms with Crippen LogP contribution in [0.3, 0.4) is 0 Å². The van der Waals surface area contributed by atoms with Gasteiger partial charge in [0, 0.05) is 22.3 Å². The van der Waals surface area contributed by atoms with Crippen molar-refractivity contribution >= 4 is 22.6 Å². The Morgan fingerprint density at radius 3 is 2.71 bits per heavy atom. The van der Waals surface area contributed by atoms with Crippen LogP contribution in [-0.4, -0.2) is 30.9 Å². The number of hydrogen-bond donors (Lipinski definition) is 2. The van der Waals surface area contributed by atoms with E-state index >= 15 is 0 Å². The number of hydrogen-bond acceptors (Lipinski definition) is 4. The first-order chi connectivity index (χ1) is 13.4. The highest BCUT2D eigenvalue weighted by Crippen LogP contribution is 2.21. The average molecular weight is 378 g/mol. The van der Waals surface area contributed by atoms with Crippen LogP contribution in [0.15, 0.2) is 36.5 Å². The van der Waals surface area contributed by atoms with Crippen molar-refractivity contribution in [3.05, 3.63) is 65.0 Å². The van der Waals surface area contributed by atoms with Crippen molar-refractivity contribution in [2.75, 3.05) is 5.32 Å². The summed E-state index contributed by atoms with van der Waals surface area (Å²) in [5.74, 6) is -0.463. The maximum Gasteiger partial charge on any atom is 0.228 e. The third kappa shape index (κ3) is 3.24. The molecular weight excluding hydrogens is 359 g/mol. The maximum absolute atomic E-state index is 13.2. The molecule has 3 heterocycles. The highest BCUT2D eigenvalue weighted by Gasteiger charge is 2.16. The molecule has 0 unspecified atom stereocenters. The van der Waals surface area contributed by atoms with Gasteiger partial charge < -0.3 is 5.32 Å². The minimum Gasteiger partial charge on any atom is -0.324 e. The number of aromatic amines is 1. The van der Waals surface area contributed by atoms with E-state index in [1.807, 2.05) is 26.8 Å². The smallest absolute Gasteiger partial charge is 0.228 e. The van der Waals surface area contributed by atoms with Gasteiger partial charge in [0.1, 0.15) is 5.82 Å². The van der Waals surface area contributed by atoms with E-state index in [0.29, 0.717) is 11.3 Å². The fourth-order valence-electron chi connectivity index (χ4n) is 3.22. The summed E-state index contributed by atoms with van der Waals surface area (Å²) in [5.41, 5.74) is 5.32. The number of carbonyl (C=O) groups excluding carboxylic acids is 1. The Hall–Kier alpha value is -3.55. The van der Waals surface area contributed by atoms with Gasteiger partial charge in [0.15, 0.2) is 5.65 Å². The Kier molecular flexibility index (Phi) is 4.38. The fraction of sp³-hybridized carbons (Fsp3) is 0.200. The number of nitrogens with zero attached hydrogens (tertiary/aromatic N) is 4. The minimum atomic E-state index is -0.302. The third-order valence-electron chi connectivity index (χ3n) is 4.73. The second-order valence-electron chi connectivity index (χ2n) is 6.71. The number of carbonyl (C=O) groups is 1. The van der Waals surface area contributed by atoms with Gasteiger partial charge >= 0.3 is 0 Å². The molecular formula is C20H19FN6O. The van der Waals surface area contributed by atoms with Crippen LogP contribution in [0, 0.1) is 26.6 Å². The molecule has 0 saturated heterocycles. The molecule has 0 fully saturated rings. The molecule has 0 aliphatic heterocycles. The van der Waals surface area contributed by atoms with Crippen molar-refractivity contribution in [2.24, 2.45) is 0 Å². The zero-order valence-corrected chi connectivity index (χ0v) is 15.7. The third-order valence-corrected chi connectivity index (χ3v) is 4.73. The van der Waals surface area contributed by atoms with Crippen molar-refractivity contribution in [3.63, 3.8) is 0 Å². The summed E-state index contributed by atoms with van der Waals surface area (Å²) in [5, 5.41) is 15.2. The van der Waals surface area contributed by atoms with Crippen molar-refractivity contribution in [1.29, 1.82) is 0 Å². The largest absolute Gasteiger partial charge is 0.324 e. The van der Waals surface area contributed by atoms with Gasteiger partial charge in [-0.15, -0.1) is 0 Å². The topological polar surface area (TPSA) is 88.5 Å². The van der Waals surface area contributed by atoms with Gasteiger partial charge in [-0.3, -0.25) is 9.89 Å². The van der Waals surface area contributed by atoms with Gasteiger partial charge in [-0.1, -0.05) is 0 Å². The number of halogens is 1. The van der Waals surface area contributed by atoms with Crippen LogP contribution in [0.4, 0.5) is 10.1 Å². The van der Waals surface area contributed by atoms with Gasteiger partial charge in [-0.25, -0.2) is 14.1 Å². The molecule has 0 aliphatic rings. The summed E-state index contributed by atoms with van der Waals surface area (Å²) in [6.07, 6.45) is 1.77. The molecule has 1 aromatic carbocycles. The Balaban J connectivity index is 1.55. The number of aromatic nitrogens is 5. The Bertz CT molecular complexity index is 1180. The van der Waals surface area contributed by atoms with Crippen LogP contribution >= 0.6 is 0 Å². The number of nitrogens with one attached hydrogen (secondary N) is 2. The zero-order chi connectivity index (χ0) is 19.8. The number of anilines is 1. The molecule has 0 spiro atoms. The molecule has 3 aromatic heterocycles. The highest BCUT2D eigenvalue weighted by molar-refractivity contribution is 5.94. The van der Waals surface area contributed by atoms with Gasteiger partial charge in [-0.2, -0.15) is 10.2 Å². The van der Waals surface area contributed by atoms with E-state index in [4.69, 9.17) is 0 Å². The van der Waals surface area contributed by atoms with E-state index in [9.17, 15) is 9.18 Å². The summed E-state index contributed by atoms with van der Waals surface area (Å²) in [7, 11) is 0. The molecule has 28 heavy (non-hydrogen) atoms. The van der Waals surface area contributed by atoms with Crippen molar-refractivity contribution in [3.8, 4) is 5.69 Å². The van der Waals surface area contributed by atoms with Crippen LogP contribution in [0.5, 0.6) is 0 Å². The fourth-order valence-corrected chi connectivity index (χ4v) is 3.22. The van der Waals surface area contributed by atoms with Crippen molar-refractivity contribution in [2.45, 2.75) is 27.2 Å². The quantitative estimate of drug-likeness (QED) is 0.570. The van der Waals surface area contributed by atoms with Crippen LogP contribution in [0.2, 0.25) is 0 Å². The average Bonchev–Trinajstić information content (AvgIpc) is 3.17. The number of benzene rings is 1. The number of fused-ring (bicyclic) bond motifs is 1. The molecule has 4 aromatic rings. The molecule has 0 aliphatic carbocycles. The molecule has 8 heteroatoms. The summed E-state index contributed by atoms with van der Waals surface area (Å²) >= 11 is 0. The molecule has 0 radical (unpaired) electrons. The van der Waals surface area contributed by atoms with Crippen LogP contribution in [0.25, 0.3) is 16.7 Å². The lowest BCUT2D eigenvalue weighted by Crippen LogP contribution is -2.15. The first-order valence-corrected chi connectivity index (χ1v) is 8.84. The SMILES string of the molecule is Cc1nn(-c2ccc(F)cc2)c(C)c1CC(=O)Nc1cnc2n[nH]c(C)c2c1. The van der Waals surface area contributed by atoms with Gasteiger partial charge in [0.25, 0.3) is 0 Å². The van der Waals surface area contributed by atoms with Crippen LogP contribution in [0.1, 0.15) is 22.6 Å². The standard InChI is InChI=1S/C20H19FN6O/c1-11-18-8-15(10-22-20(18)25-24-11)23-19(28)9-17-12(2)26-27(13(17)3)16-6-4-14(21)5-7-16/h4-8,10H,9H2,1-3H3,(H,23,28)(H,22,24,25). The number of H-pyrrole nitrogens is 1. The van der Waals surface area contributed by atoms with E-state index in [1.54, 1.807) is 23.0 Å². The monoisotopic (exact) mass is 378 g/mol. The lowest BCUT2D eigenvalue weighted by molar-refractivity contribution is -0.115. The molecule has 0 saturated carbocycles. The first-order valence-electron chi connectivity index (χ1n) is 8.84. The molecule has 4 rings (SSSR count). The Labute approximate surface area is 160 Å². The summed E-state index contributed by atoms with van der Waals surface area (Å²) < 4.78 is 14.9. The van der Waals surface area contributed by atoms with Crippen molar-refractivity contribution in [1.82, 2.24) is 25.0 Å². The van der Waals surface area contributed by atoms with E-state index in [0.717, 1.165) is 33.7 Å². The van der Waals surface area contributed by atoms with Gasteiger partial charge in [0.2, 0.25) is 5.91 Å². The second-order valence-corrected chi connectivity index (χ2v) is 6.71. The zero-order valence-electron chi connectivity index (χ0n) is 15.7. The lowest BCUT2D eigenvalue weighted by Gasteiger charge is -2.07. The van der Waals surface area contributed by atoms with E-state index < -0.39 is 0 Å². The number of pyridine rings is 1. The molecule has 0 atom stereocenters. The lowest BCUT2D eigenvalue weighted by atomic mass is 10.1. The molecule has 7 nitrogen and oxygen atoms in total. The molecule has 142 valence electrons. The number of amides is 1. The Morgan fingerprint density at radius 2 is 1.96 bits per heavy atom. The Morgan fingerprint density at radius 1 is 1.21 bits per heavy atom. The van der Waals surface area contributed by atoms with Gasteiger partial charge in [-0.05, 0) is 51.1 Å². The van der Waals surface area contributed by atoms with E-state index in [1.165, 1.54) is 12.1 Å². The predicted octanol–water partition coefficient (Wildman–Crippen LogP) is 3.39. The molecule has 1 amide bonds. The second kappa shape index (κ2) is 6.88. The van der Waals surface area contributed by atoms with E-state index in [2.05, 4.69) is 25.6 Å². The van der Waals surface area contributed by atoms with Crippen LogP contribution < -0.4 is 5.32 Å². The minimum absolute atomic E-state index is 0.160. The highest BCUT2D eigenvalue weighted by atomic mass is 19.1. The van der Waals surface area contributed by atoms with E-state index in [-0.39, 0.29) is 18.1 Å². The predicted molar refractivity (Wildman–Crippen MR) is 104 cm³/mol. The number of rotatable bonds is 4. The number of aryl methyl sites for hydroxylation is 2. The molecule has 0 bridgehead atoms. The maximum atomic E-state index is 13.2. The summed E-state index contributed by atoms with van der Waals surface area (Å²) in [6.45, 7) is 5.66. The molecule has 2 N–H and O–H groups in total. The first kappa shape index (κ1) is 17.8. The van der Waals surface area contributed by atoms with Gasteiger partial charge in [0.05, 0.1) is 29.7 Å².